The molecule has 10 heteroatoms. The number of halogens is 6. The topological polar surface area (TPSA) is 6.48 Å². The Kier molecular flexibility index (Phi) is 9.19. The molecule has 0 spiro atoms. The minimum atomic E-state index is -4.39. The average Bonchev–Trinajstić information content (AvgIpc) is 3.48. The van der Waals surface area contributed by atoms with E-state index in [9.17, 15) is 26.3 Å². The van der Waals surface area contributed by atoms with Crippen molar-refractivity contribution in [2.45, 2.75) is 38.0 Å². The molecule has 2 aromatic carbocycles. The summed E-state index contributed by atoms with van der Waals surface area (Å²) in [6.45, 7) is 7.88. The van der Waals surface area contributed by atoms with Gasteiger partial charge in [-0.1, -0.05) is 32.8 Å². The maximum atomic E-state index is 12.4. The largest absolute Gasteiger partial charge is 0.416 e. The predicted molar refractivity (Wildman–Crippen MR) is 125 cm³/mol. The molecule has 0 aromatic heterocycles. The lowest BCUT2D eigenvalue weighted by molar-refractivity contribution is -0.138. The monoisotopic (exact) mass is 508 g/mol. The van der Waals surface area contributed by atoms with Gasteiger partial charge < -0.3 is 0 Å². The molecule has 2 aliphatic rings. The normalized spacial score (nSPS) is 17.9. The Bertz CT molecular complexity index is 785. The highest BCUT2D eigenvalue weighted by Gasteiger charge is 2.31. The molecule has 0 radical (unpaired) electrons. The van der Waals surface area contributed by atoms with Crippen LogP contribution in [-0.4, -0.2) is 42.2 Å². The molecule has 2 aromatic rings. The number of hydrogen-bond acceptors (Lipinski definition) is 2. The van der Waals surface area contributed by atoms with E-state index in [-0.39, 0.29) is 16.8 Å². The zero-order valence-corrected chi connectivity index (χ0v) is 20.3. The molecule has 2 fully saturated rings. The van der Waals surface area contributed by atoms with Crippen LogP contribution in [0.4, 0.5) is 26.3 Å². The molecule has 0 saturated carbocycles. The van der Waals surface area contributed by atoms with E-state index < -0.39 is 23.5 Å². The Hall–Kier alpha value is -1.20. The van der Waals surface area contributed by atoms with Crippen molar-refractivity contribution in [1.82, 2.24) is 9.34 Å². The first-order valence-electron chi connectivity index (χ1n) is 10.9. The molecular weight excluding hydrogens is 480 g/mol. The standard InChI is InChI=1S/C14H9F6P.C9H19N2P/c15-13(16,17)9-1-5-11(6-2-9)21-12-7-3-10(4-8-12)14(18,19)20;1-12(10-6-2-3-7-10)11-8-4-5-9-11/h1-8,21H;2-9H2,1H3. The summed E-state index contributed by atoms with van der Waals surface area (Å²) in [6, 6.07) is 9.19. The third-order valence-corrected chi connectivity index (χ3v) is 9.38. The molecule has 33 heavy (non-hydrogen) atoms. The molecule has 2 nitrogen and oxygen atoms in total. The minimum absolute atomic E-state index is 0.00159. The Morgan fingerprint density at radius 1 is 0.606 bits per heavy atom. The summed E-state index contributed by atoms with van der Waals surface area (Å²) in [4.78, 5) is 0. The van der Waals surface area contributed by atoms with Gasteiger partial charge in [0.2, 0.25) is 0 Å². The molecule has 2 saturated heterocycles. The van der Waals surface area contributed by atoms with Gasteiger partial charge in [-0.15, -0.1) is 0 Å². The van der Waals surface area contributed by atoms with Crippen molar-refractivity contribution in [3.63, 3.8) is 0 Å². The number of nitrogens with zero attached hydrogens (tertiary/aromatic N) is 2. The van der Waals surface area contributed by atoms with Gasteiger partial charge in [-0.3, -0.25) is 9.34 Å². The van der Waals surface area contributed by atoms with Crippen LogP contribution < -0.4 is 10.6 Å². The molecule has 2 aliphatic heterocycles. The summed E-state index contributed by atoms with van der Waals surface area (Å²) < 4.78 is 79.8. The van der Waals surface area contributed by atoms with E-state index in [2.05, 4.69) is 16.0 Å². The Labute approximate surface area is 194 Å². The van der Waals surface area contributed by atoms with Crippen LogP contribution in [0, 0.1) is 0 Å². The van der Waals surface area contributed by atoms with Gasteiger partial charge in [-0.05, 0) is 67.2 Å². The lowest BCUT2D eigenvalue weighted by Crippen LogP contribution is -2.24. The van der Waals surface area contributed by atoms with Crippen LogP contribution in [-0.2, 0) is 12.4 Å². The minimum Gasteiger partial charge on any atom is -0.270 e. The van der Waals surface area contributed by atoms with E-state index in [0.717, 1.165) is 24.3 Å². The average molecular weight is 508 g/mol. The van der Waals surface area contributed by atoms with Crippen molar-refractivity contribution < 1.29 is 26.3 Å². The van der Waals surface area contributed by atoms with E-state index in [0.29, 0.717) is 10.6 Å². The van der Waals surface area contributed by atoms with E-state index in [4.69, 9.17) is 0 Å². The predicted octanol–water partition coefficient (Wildman–Crippen LogP) is 6.47. The highest BCUT2D eigenvalue weighted by molar-refractivity contribution is 7.55. The van der Waals surface area contributed by atoms with Gasteiger partial charge >= 0.3 is 12.4 Å². The van der Waals surface area contributed by atoms with E-state index in [1.54, 1.807) is 0 Å². The molecule has 0 atom stereocenters. The summed E-state index contributed by atoms with van der Waals surface area (Å²) >= 11 is 0. The van der Waals surface area contributed by atoms with Gasteiger partial charge in [-0.2, -0.15) is 26.3 Å². The van der Waals surface area contributed by atoms with Crippen LogP contribution in [0.5, 0.6) is 0 Å². The van der Waals surface area contributed by atoms with Gasteiger partial charge in [0, 0.05) is 34.4 Å². The van der Waals surface area contributed by atoms with Crippen molar-refractivity contribution in [1.29, 1.82) is 0 Å². The number of alkyl halides is 6. The first-order valence-corrected chi connectivity index (χ1v) is 13.6. The zero-order valence-electron chi connectivity index (χ0n) is 18.4. The summed E-state index contributed by atoms with van der Waals surface area (Å²) in [5, 5.41) is 1.26. The summed E-state index contributed by atoms with van der Waals surface area (Å²) in [5.74, 6) is 0. The molecule has 2 heterocycles. The maximum Gasteiger partial charge on any atom is 0.416 e. The van der Waals surface area contributed by atoms with Crippen molar-refractivity contribution in [2.24, 2.45) is 0 Å². The molecule has 182 valence electrons. The highest BCUT2D eigenvalue weighted by Crippen LogP contribution is 2.44. The summed E-state index contributed by atoms with van der Waals surface area (Å²) in [6.07, 6.45) is -3.06. The molecule has 0 aliphatic carbocycles. The van der Waals surface area contributed by atoms with E-state index in [1.165, 1.54) is 76.1 Å². The summed E-state index contributed by atoms with van der Waals surface area (Å²) in [7, 11) is 0.0854. The van der Waals surface area contributed by atoms with Gasteiger partial charge in [0.1, 0.15) is 0 Å². The van der Waals surface area contributed by atoms with E-state index >= 15 is 0 Å². The molecular formula is C23H28F6N2P2. The first kappa shape index (κ1) is 26.4. The van der Waals surface area contributed by atoms with Crippen molar-refractivity contribution in [3.05, 3.63) is 59.7 Å². The van der Waals surface area contributed by atoms with Gasteiger partial charge in [0.15, 0.2) is 0 Å². The summed E-state index contributed by atoms with van der Waals surface area (Å²) in [5.41, 5.74) is -1.49. The molecule has 4 rings (SSSR count). The van der Waals surface area contributed by atoms with Crippen LogP contribution in [0.3, 0.4) is 0 Å². The zero-order chi connectivity index (χ0) is 24.1. The van der Waals surface area contributed by atoms with Gasteiger partial charge in [0.05, 0.1) is 11.1 Å². The lowest BCUT2D eigenvalue weighted by Gasteiger charge is -2.31. The second-order valence-corrected chi connectivity index (χ2v) is 11.6. The Morgan fingerprint density at radius 2 is 0.909 bits per heavy atom. The smallest absolute Gasteiger partial charge is 0.270 e. The van der Waals surface area contributed by atoms with Crippen LogP contribution in [0.2, 0.25) is 0 Å². The van der Waals surface area contributed by atoms with Crippen LogP contribution in [0.15, 0.2) is 48.5 Å². The fourth-order valence-corrected chi connectivity index (χ4v) is 6.89. The van der Waals surface area contributed by atoms with Crippen molar-refractivity contribution >= 4 is 27.4 Å². The van der Waals surface area contributed by atoms with Crippen molar-refractivity contribution in [2.75, 3.05) is 32.8 Å². The Morgan fingerprint density at radius 3 is 1.18 bits per heavy atom. The maximum absolute atomic E-state index is 12.4. The number of rotatable bonds is 4. The second-order valence-electron chi connectivity index (χ2n) is 8.09. The van der Waals surface area contributed by atoms with Crippen LogP contribution >= 0.6 is 16.8 Å². The third kappa shape index (κ3) is 7.92. The second kappa shape index (κ2) is 11.5. The van der Waals surface area contributed by atoms with E-state index in [1.807, 2.05) is 0 Å². The van der Waals surface area contributed by atoms with Crippen LogP contribution in [0.25, 0.3) is 0 Å². The molecule has 0 amide bonds. The molecule has 0 N–H and O–H groups in total. The Balaban J connectivity index is 0.000000215. The fourth-order valence-electron chi connectivity index (χ4n) is 3.81. The van der Waals surface area contributed by atoms with Gasteiger partial charge in [0.25, 0.3) is 0 Å². The molecule has 0 bridgehead atoms. The number of hydrogen-bond donors (Lipinski definition) is 0. The quantitative estimate of drug-likeness (QED) is 0.345. The SMILES string of the molecule is CP(N1CCCC1)N1CCCC1.FC(F)(F)c1ccc(Pc2ccc(C(F)(F)F)cc2)cc1. The number of benzene rings is 2. The third-order valence-electron chi connectivity index (χ3n) is 5.70. The highest BCUT2D eigenvalue weighted by atomic mass is 31.1. The van der Waals surface area contributed by atoms with Gasteiger partial charge in [-0.25, -0.2) is 0 Å². The fraction of sp³-hybridized carbons (Fsp3) is 0.478. The first-order chi connectivity index (χ1) is 15.5. The van der Waals surface area contributed by atoms with Crippen molar-refractivity contribution in [3.8, 4) is 0 Å². The molecule has 0 unspecified atom stereocenters. The van der Waals surface area contributed by atoms with Crippen LogP contribution in [0.1, 0.15) is 36.8 Å². The lowest BCUT2D eigenvalue weighted by atomic mass is 10.2.